The van der Waals surface area contributed by atoms with Crippen LogP contribution in [-0.2, 0) is 28.1 Å². The van der Waals surface area contributed by atoms with Gasteiger partial charge >= 0.3 is 0 Å². The van der Waals surface area contributed by atoms with Crippen LogP contribution in [0, 0.1) is 6.92 Å². The smallest absolute Gasteiger partial charge is 0.282 e. The molecule has 0 saturated carbocycles. The number of ether oxygens (including phenoxy) is 1. The molecule has 0 spiro atoms. The first-order valence-corrected chi connectivity index (χ1v) is 11.0. The highest BCUT2D eigenvalue weighted by Gasteiger charge is 2.34. The average molecular weight is 418 g/mol. The van der Waals surface area contributed by atoms with Gasteiger partial charge in [-0.1, -0.05) is 42.0 Å². The molecule has 1 fully saturated rings. The summed E-state index contributed by atoms with van der Waals surface area (Å²) in [6, 6.07) is 15.2. The molecule has 1 aliphatic rings. The maximum atomic E-state index is 12.9. The second-order valence-corrected chi connectivity index (χ2v) is 9.07. The van der Waals surface area contributed by atoms with Crippen molar-refractivity contribution in [1.82, 2.24) is 13.9 Å². The van der Waals surface area contributed by atoms with E-state index in [0.717, 1.165) is 22.4 Å². The van der Waals surface area contributed by atoms with E-state index in [0.29, 0.717) is 32.6 Å². The molecule has 1 amide bonds. The van der Waals surface area contributed by atoms with E-state index in [1.54, 1.807) is 7.11 Å². The summed E-state index contributed by atoms with van der Waals surface area (Å²) in [6.07, 6.45) is 0.691. The number of rotatable bonds is 7. The zero-order valence-electron chi connectivity index (χ0n) is 16.8. The molecule has 0 aliphatic carbocycles. The molecule has 2 aromatic carbocycles. The van der Waals surface area contributed by atoms with Crippen LogP contribution in [0.2, 0.25) is 0 Å². The minimum atomic E-state index is -3.67. The van der Waals surface area contributed by atoms with Crippen LogP contribution >= 0.6 is 0 Å². The van der Waals surface area contributed by atoms with Crippen molar-refractivity contribution in [3.8, 4) is 5.75 Å². The second-order valence-electron chi connectivity index (χ2n) is 7.14. The standard InChI is InChI=1S/C21H27N3O4S/c1-17-5-3-6-19(13-17)15-23-11-4-12-24(29(23,26)27)16-21(25)22-14-18-7-9-20(28-2)10-8-18/h3,5-10,13H,4,11-12,14-16H2,1-2H3,(H,22,25). The van der Waals surface area contributed by atoms with Crippen molar-refractivity contribution in [3.63, 3.8) is 0 Å². The molecular formula is C21H27N3O4S. The molecule has 3 rings (SSSR count). The highest BCUT2D eigenvalue weighted by atomic mass is 32.2. The lowest BCUT2D eigenvalue weighted by Crippen LogP contribution is -2.52. The van der Waals surface area contributed by atoms with E-state index in [1.165, 1.54) is 8.61 Å². The fraction of sp³-hybridized carbons (Fsp3) is 0.381. The highest BCUT2D eigenvalue weighted by molar-refractivity contribution is 7.86. The molecule has 1 saturated heterocycles. The van der Waals surface area contributed by atoms with Crippen molar-refractivity contribution in [2.45, 2.75) is 26.4 Å². The van der Waals surface area contributed by atoms with Gasteiger partial charge in [0.2, 0.25) is 5.91 Å². The van der Waals surface area contributed by atoms with E-state index >= 15 is 0 Å². The summed E-state index contributed by atoms with van der Waals surface area (Å²) < 4.78 is 33.7. The molecular weight excluding hydrogens is 390 g/mol. The number of aryl methyl sites for hydroxylation is 1. The third kappa shape index (κ3) is 5.56. The summed E-state index contributed by atoms with van der Waals surface area (Å²) in [5.41, 5.74) is 2.95. The number of hydrogen-bond donors (Lipinski definition) is 1. The van der Waals surface area contributed by atoms with E-state index in [9.17, 15) is 13.2 Å². The van der Waals surface area contributed by atoms with Crippen LogP contribution < -0.4 is 10.1 Å². The van der Waals surface area contributed by atoms with Crippen LogP contribution in [0.25, 0.3) is 0 Å². The third-order valence-corrected chi connectivity index (χ3v) is 6.81. The van der Waals surface area contributed by atoms with Crippen molar-refractivity contribution in [1.29, 1.82) is 0 Å². The van der Waals surface area contributed by atoms with Gasteiger partial charge in [-0.2, -0.15) is 17.0 Å². The Balaban J connectivity index is 1.58. The Labute approximate surface area is 172 Å². The first kappa shape index (κ1) is 21.3. The van der Waals surface area contributed by atoms with E-state index < -0.39 is 10.2 Å². The van der Waals surface area contributed by atoms with Crippen molar-refractivity contribution in [3.05, 3.63) is 65.2 Å². The van der Waals surface area contributed by atoms with Gasteiger partial charge in [-0.25, -0.2) is 0 Å². The van der Waals surface area contributed by atoms with Gasteiger partial charge in [-0.05, 0) is 36.6 Å². The summed E-state index contributed by atoms with van der Waals surface area (Å²) in [7, 11) is -2.08. The van der Waals surface area contributed by atoms with E-state index in [1.807, 2.05) is 55.5 Å². The monoisotopic (exact) mass is 417 g/mol. The van der Waals surface area contributed by atoms with Gasteiger partial charge in [0.15, 0.2) is 0 Å². The van der Waals surface area contributed by atoms with Crippen LogP contribution in [0.5, 0.6) is 5.75 Å². The third-order valence-electron chi connectivity index (χ3n) is 4.88. The normalized spacial score (nSPS) is 17.0. The fourth-order valence-electron chi connectivity index (χ4n) is 3.31. The number of methoxy groups -OCH3 is 1. The van der Waals surface area contributed by atoms with Gasteiger partial charge in [0.05, 0.1) is 13.7 Å². The second kappa shape index (κ2) is 9.39. The molecule has 29 heavy (non-hydrogen) atoms. The predicted molar refractivity (Wildman–Crippen MR) is 112 cm³/mol. The van der Waals surface area contributed by atoms with Gasteiger partial charge in [0.25, 0.3) is 10.2 Å². The first-order chi connectivity index (χ1) is 13.9. The van der Waals surface area contributed by atoms with E-state index in [2.05, 4.69) is 5.32 Å². The number of carbonyl (C=O) groups excluding carboxylic acids is 1. The maximum absolute atomic E-state index is 12.9. The van der Waals surface area contributed by atoms with Crippen molar-refractivity contribution in [2.75, 3.05) is 26.7 Å². The molecule has 7 nitrogen and oxygen atoms in total. The molecule has 2 aromatic rings. The first-order valence-electron chi connectivity index (χ1n) is 9.59. The molecule has 1 aliphatic heterocycles. The zero-order chi connectivity index (χ0) is 20.9. The number of nitrogens with zero attached hydrogens (tertiary/aromatic N) is 2. The maximum Gasteiger partial charge on any atom is 0.282 e. The molecule has 0 aromatic heterocycles. The van der Waals surface area contributed by atoms with Crippen molar-refractivity contribution in [2.24, 2.45) is 0 Å². The van der Waals surface area contributed by atoms with Crippen LogP contribution in [0.15, 0.2) is 48.5 Å². The van der Waals surface area contributed by atoms with Gasteiger partial charge in [-0.15, -0.1) is 0 Å². The fourth-order valence-corrected chi connectivity index (χ4v) is 4.95. The molecule has 156 valence electrons. The highest BCUT2D eigenvalue weighted by Crippen LogP contribution is 2.19. The van der Waals surface area contributed by atoms with Crippen LogP contribution in [0.4, 0.5) is 0 Å². The SMILES string of the molecule is COc1ccc(CNC(=O)CN2CCCN(Cc3cccc(C)c3)S2(=O)=O)cc1. The Morgan fingerprint density at radius 3 is 2.48 bits per heavy atom. The Kier molecular flexibility index (Phi) is 6.89. The quantitative estimate of drug-likeness (QED) is 0.748. The lowest BCUT2D eigenvalue weighted by atomic mass is 10.1. The average Bonchev–Trinajstić information content (AvgIpc) is 2.70. The summed E-state index contributed by atoms with van der Waals surface area (Å²) in [5.74, 6) is 0.426. The molecule has 0 bridgehead atoms. The summed E-state index contributed by atoms with van der Waals surface area (Å²) in [5, 5.41) is 2.79. The molecule has 0 unspecified atom stereocenters. The van der Waals surface area contributed by atoms with Crippen LogP contribution in [0.1, 0.15) is 23.1 Å². The van der Waals surface area contributed by atoms with Gasteiger partial charge in [0.1, 0.15) is 5.75 Å². The lowest BCUT2D eigenvalue weighted by Gasteiger charge is -2.34. The number of nitrogens with one attached hydrogen (secondary N) is 1. The lowest BCUT2D eigenvalue weighted by molar-refractivity contribution is -0.121. The molecule has 0 radical (unpaired) electrons. The minimum absolute atomic E-state index is 0.178. The summed E-state index contributed by atoms with van der Waals surface area (Å²) >= 11 is 0. The molecule has 8 heteroatoms. The number of hydrogen-bond acceptors (Lipinski definition) is 4. The van der Waals surface area contributed by atoms with E-state index in [4.69, 9.17) is 4.74 Å². The van der Waals surface area contributed by atoms with Crippen molar-refractivity contribution < 1.29 is 17.9 Å². The Hall–Kier alpha value is -2.42. The van der Waals surface area contributed by atoms with Gasteiger partial charge in [-0.3, -0.25) is 4.79 Å². The Bertz CT molecular complexity index is 945. The predicted octanol–water partition coefficient (Wildman–Crippen LogP) is 2.07. The van der Waals surface area contributed by atoms with Crippen LogP contribution in [-0.4, -0.2) is 49.7 Å². The minimum Gasteiger partial charge on any atom is -0.497 e. The zero-order valence-corrected chi connectivity index (χ0v) is 17.6. The van der Waals surface area contributed by atoms with Gasteiger partial charge in [0, 0.05) is 26.2 Å². The van der Waals surface area contributed by atoms with Crippen molar-refractivity contribution >= 4 is 16.1 Å². The molecule has 1 heterocycles. The Morgan fingerprint density at radius 2 is 1.79 bits per heavy atom. The van der Waals surface area contributed by atoms with Gasteiger partial charge < -0.3 is 10.1 Å². The van der Waals surface area contributed by atoms with Crippen LogP contribution in [0.3, 0.4) is 0 Å². The Morgan fingerprint density at radius 1 is 1.07 bits per heavy atom. The molecule has 1 N–H and O–H groups in total. The summed E-state index contributed by atoms with van der Waals surface area (Å²) in [4.78, 5) is 12.3. The topological polar surface area (TPSA) is 79.0 Å². The number of benzene rings is 2. The molecule has 0 atom stereocenters. The largest absolute Gasteiger partial charge is 0.497 e. The van der Waals surface area contributed by atoms with E-state index in [-0.39, 0.29) is 12.5 Å². The number of amides is 1. The summed E-state index contributed by atoms with van der Waals surface area (Å²) in [6.45, 7) is 3.26. The number of carbonyl (C=O) groups is 1.